The fraction of sp³-hybridized carbons (Fsp3) is 0.550. The minimum atomic E-state index is -4.36. The van der Waals surface area contributed by atoms with Gasteiger partial charge < -0.3 is 24.8 Å². The number of halogens is 1. The average Bonchev–Trinajstić information content (AvgIpc) is 3.73. The molecule has 0 unspecified atom stereocenters. The minimum absolute atomic E-state index is 0.0518. The zero-order chi connectivity index (χ0) is 39.1. The quantitative estimate of drug-likeness (QED) is 0.0269. The molecule has 5 rings (SSSR count). The van der Waals surface area contributed by atoms with Gasteiger partial charge in [-0.1, -0.05) is 126 Å². The molecule has 5 atom stereocenters. The average molecular weight is 783 g/mol. The van der Waals surface area contributed by atoms with E-state index < -0.39 is 50.4 Å². The number of para-hydroxylation sites is 1. The number of nitrogens with zero attached hydrogens (tertiary/aromatic N) is 4. The number of aliphatic hydroxyl groups is 1. The Bertz CT molecular complexity index is 1820. The molecule has 2 aromatic carbocycles. The Balaban J connectivity index is 1.21. The highest BCUT2D eigenvalue weighted by molar-refractivity contribution is 7.52. The zero-order valence-corrected chi connectivity index (χ0v) is 32.9. The molecule has 1 fully saturated rings. The predicted molar refractivity (Wildman–Crippen MR) is 209 cm³/mol. The van der Waals surface area contributed by atoms with Gasteiger partial charge in [0, 0.05) is 6.42 Å². The number of hydrogen-bond donors (Lipinski definition) is 3. The van der Waals surface area contributed by atoms with Crippen LogP contribution in [0.15, 0.2) is 67.0 Å². The Hall–Kier alpha value is -3.94. The molecule has 0 spiro atoms. The summed E-state index contributed by atoms with van der Waals surface area (Å²) in [4.78, 5) is 25.2. The number of rotatable bonds is 24. The largest absolute Gasteiger partial charge is 0.465 e. The summed E-state index contributed by atoms with van der Waals surface area (Å²) in [5.74, 6) is -0.480. The number of anilines is 1. The standard InChI is InChI=1S/C40H56FN6O7P/c1-3-4-5-6-7-8-9-10-11-12-13-20-25-51-38(49)32(26-30-21-16-14-17-22-30)46-55(50,54-31-23-18-15-19-24-31)52-28-40(2)33(48)27-34(53-40)47-29-43-35-36(42)44-39(41)45-37(35)47/h14-19,21-24,29,32-34,48H,3-13,20,25-28H2,1-2H3,(H,46,50)(H2,42,44,45)/t32-,33-,34+,40+,55-/m0/s1. The summed E-state index contributed by atoms with van der Waals surface area (Å²) in [5, 5.41) is 14.1. The Morgan fingerprint density at radius 2 is 1.62 bits per heavy atom. The number of nitrogen functional groups attached to an aromatic ring is 1. The zero-order valence-electron chi connectivity index (χ0n) is 32.0. The van der Waals surface area contributed by atoms with Crippen molar-refractivity contribution in [2.24, 2.45) is 0 Å². The number of unbranched alkanes of at least 4 members (excludes halogenated alkanes) is 11. The van der Waals surface area contributed by atoms with Gasteiger partial charge in [-0.15, -0.1) is 0 Å². The topological polar surface area (TPSA) is 173 Å². The lowest BCUT2D eigenvalue weighted by atomic mass is 10.0. The van der Waals surface area contributed by atoms with Gasteiger partial charge in [-0.3, -0.25) is 13.9 Å². The van der Waals surface area contributed by atoms with Gasteiger partial charge in [0.25, 0.3) is 0 Å². The highest BCUT2D eigenvalue weighted by Gasteiger charge is 2.48. The third kappa shape index (κ3) is 12.5. The summed E-state index contributed by atoms with van der Waals surface area (Å²) < 4.78 is 54.1. The number of fused-ring (bicyclic) bond motifs is 1. The first-order valence-corrected chi connectivity index (χ1v) is 21.1. The number of esters is 1. The van der Waals surface area contributed by atoms with Crippen molar-refractivity contribution in [3.8, 4) is 5.75 Å². The molecule has 15 heteroatoms. The van der Waals surface area contributed by atoms with Gasteiger partial charge in [0.2, 0.25) is 0 Å². The number of nitrogens with two attached hydrogens (primary N) is 1. The molecule has 4 aromatic rings. The van der Waals surface area contributed by atoms with Crippen molar-refractivity contribution in [1.29, 1.82) is 0 Å². The second-order valence-corrected chi connectivity index (χ2v) is 16.1. The molecule has 0 aliphatic carbocycles. The van der Waals surface area contributed by atoms with Crippen LogP contribution in [0, 0.1) is 6.08 Å². The Kier molecular flexibility index (Phi) is 16.0. The van der Waals surface area contributed by atoms with E-state index in [1.165, 1.54) is 62.3 Å². The molecule has 300 valence electrons. The fourth-order valence-corrected chi connectivity index (χ4v) is 8.25. The van der Waals surface area contributed by atoms with Crippen molar-refractivity contribution >= 4 is 30.7 Å². The first kappa shape index (κ1) is 42.2. The van der Waals surface area contributed by atoms with E-state index in [4.69, 9.17) is 24.3 Å². The molecular weight excluding hydrogens is 726 g/mol. The van der Waals surface area contributed by atoms with E-state index in [0.717, 1.165) is 31.2 Å². The SMILES string of the molecule is CCCCCCCCCCCCCCOC(=O)[C@H](Cc1ccccc1)N[P@](=O)(OC[C@@]1(C)O[C@@H](n2cnc3c(N)nc(F)nc32)C[C@@H]1O)Oc1ccccc1. The third-order valence-electron chi connectivity index (χ3n) is 9.88. The van der Waals surface area contributed by atoms with Crippen molar-refractivity contribution < 1.29 is 37.4 Å². The molecule has 1 saturated heterocycles. The molecule has 0 radical (unpaired) electrons. The highest BCUT2D eigenvalue weighted by Crippen LogP contribution is 2.48. The summed E-state index contributed by atoms with van der Waals surface area (Å²) in [7, 11) is -4.36. The maximum atomic E-state index is 14.7. The number of ether oxygens (including phenoxy) is 2. The number of benzene rings is 2. The summed E-state index contributed by atoms with van der Waals surface area (Å²) in [6.07, 6.45) is 12.9. The number of carbonyl (C=O) groups excluding carboxylic acids is 1. The number of aromatic nitrogens is 4. The van der Waals surface area contributed by atoms with Gasteiger partial charge >= 0.3 is 19.8 Å². The Morgan fingerprint density at radius 1 is 1.00 bits per heavy atom. The van der Waals surface area contributed by atoms with Crippen LogP contribution in [-0.2, 0) is 29.8 Å². The molecule has 0 saturated carbocycles. The second kappa shape index (κ2) is 20.8. The Labute approximate surface area is 323 Å². The maximum Gasteiger partial charge on any atom is 0.459 e. The van der Waals surface area contributed by atoms with Crippen LogP contribution >= 0.6 is 7.75 Å². The maximum absolute atomic E-state index is 14.7. The lowest BCUT2D eigenvalue weighted by molar-refractivity contribution is -0.146. The van der Waals surface area contributed by atoms with E-state index in [0.29, 0.717) is 0 Å². The monoisotopic (exact) mass is 782 g/mol. The first-order chi connectivity index (χ1) is 26.6. The van der Waals surface area contributed by atoms with E-state index in [9.17, 15) is 18.9 Å². The lowest BCUT2D eigenvalue weighted by Crippen LogP contribution is -2.43. The van der Waals surface area contributed by atoms with Gasteiger partial charge in [0.05, 0.1) is 25.6 Å². The molecule has 13 nitrogen and oxygen atoms in total. The molecular formula is C40H56FN6O7P. The summed E-state index contributed by atoms with van der Waals surface area (Å²) in [6.45, 7) is 3.65. The van der Waals surface area contributed by atoms with Crippen molar-refractivity contribution in [2.75, 3.05) is 18.9 Å². The summed E-state index contributed by atoms with van der Waals surface area (Å²) in [5.41, 5.74) is 5.51. The van der Waals surface area contributed by atoms with Crippen molar-refractivity contribution in [3.63, 3.8) is 0 Å². The summed E-state index contributed by atoms with van der Waals surface area (Å²) >= 11 is 0. The molecule has 0 bridgehead atoms. The van der Waals surface area contributed by atoms with Gasteiger partial charge in [-0.2, -0.15) is 19.4 Å². The highest BCUT2D eigenvalue weighted by atomic mass is 31.2. The molecule has 3 heterocycles. The van der Waals surface area contributed by atoms with Crippen molar-refractivity contribution in [3.05, 3.63) is 78.6 Å². The van der Waals surface area contributed by atoms with E-state index in [2.05, 4.69) is 27.0 Å². The number of carbonyl (C=O) groups is 1. The van der Waals surface area contributed by atoms with Crippen LogP contribution in [0.1, 0.15) is 109 Å². The molecule has 0 amide bonds. The van der Waals surface area contributed by atoms with Crippen LogP contribution in [0.3, 0.4) is 0 Å². The summed E-state index contributed by atoms with van der Waals surface area (Å²) in [6, 6.07) is 16.7. The van der Waals surface area contributed by atoms with E-state index >= 15 is 0 Å². The van der Waals surface area contributed by atoms with Gasteiger partial charge in [0.1, 0.15) is 23.6 Å². The fourth-order valence-electron chi connectivity index (χ4n) is 6.66. The number of nitrogens with one attached hydrogen (secondary N) is 1. The van der Waals surface area contributed by atoms with E-state index in [-0.39, 0.29) is 42.2 Å². The number of hydrogen-bond acceptors (Lipinski definition) is 11. The number of imidazole rings is 1. The van der Waals surface area contributed by atoms with Crippen LogP contribution in [0.4, 0.5) is 10.2 Å². The molecule has 55 heavy (non-hydrogen) atoms. The normalized spacial score (nSPS) is 20.0. The molecule has 4 N–H and O–H groups in total. The second-order valence-electron chi connectivity index (χ2n) is 14.4. The van der Waals surface area contributed by atoms with Crippen LogP contribution in [0.5, 0.6) is 5.75 Å². The smallest absolute Gasteiger partial charge is 0.459 e. The molecule has 1 aliphatic heterocycles. The number of aliphatic hydroxyl groups excluding tert-OH is 1. The van der Waals surface area contributed by atoms with Crippen molar-refractivity contribution in [1.82, 2.24) is 24.6 Å². The van der Waals surface area contributed by atoms with Crippen LogP contribution in [0.25, 0.3) is 11.2 Å². The van der Waals surface area contributed by atoms with E-state index in [1.807, 2.05) is 30.3 Å². The van der Waals surface area contributed by atoms with E-state index in [1.54, 1.807) is 37.3 Å². The van der Waals surface area contributed by atoms with Crippen molar-refractivity contribution in [2.45, 2.75) is 128 Å². The Morgan fingerprint density at radius 3 is 2.27 bits per heavy atom. The predicted octanol–water partition coefficient (Wildman–Crippen LogP) is 8.24. The molecule has 2 aromatic heterocycles. The lowest BCUT2D eigenvalue weighted by Gasteiger charge is -2.31. The first-order valence-electron chi connectivity index (χ1n) is 19.6. The van der Waals surface area contributed by atoms with Gasteiger partial charge in [-0.05, 0) is 37.5 Å². The third-order valence-corrected chi connectivity index (χ3v) is 11.4. The minimum Gasteiger partial charge on any atom is -0.465 e. The molecule has 1 aliphatic rings. The van der Waals surface area contributed by atoms with Gasteiger partial charge in [0.15, 0.2) is 17.0 Å². The van der Waals surface area contributed by atoms with Gasteiger partial charge in [-0.25, -0.2) is 9.55 Å². The van der Waals surface area contributed by atoms with Crippen LogP contribution in [-0.4, -0.2) is 61.6 Å². The van der Waals surface area contributed by atoms with Crippen LogP contribution in [0.2, 0.25) is 0 Å². The van der Waals surface area contributed by atoms with Crippen LogP contribution < -0.4 is 15.3 Å².